The Bertz CT molecular complexity index is 316. The van der Waals surface area contributed by atoms with Gasteiger partial charge in [0.1, 0.15) is 0 Å². The second kappa shape index (κ2) is 7.36. The zero-order valence-corrected chi connectivity index (χ0v) is 12.1. The molecule has 1 aliphatic heterocycles. The number of carboxylic acid groups (broad SMARTS) is 1. The van der Waals surface area contributed by atoms with Crippen molar-refractivity contribution in [3.63, 3.8) is 0 Å². The molecule has 5 heteroatoms. The Morgan fingerprint density at radius 3 is 2.63 bits per heavy atom. The summed E-state index contributed by atoms with van der Waals surface area (Å²) in [5, 5.41) is 11.4. The molecule has 0 unspecified atom stereocenters. The van der Waals surface area contributed by atoms with Crippen LogP contribution in [0, 0.1) is 5.41 Å². The minimum absolute atomic E-state index is 0.00646. The lowest BCUT2D eigenvalue weighted by atomic mass is 9.85. The largest absolute Gasteiger partial charge is 0.481 e. The lowest BCUT2D eigenvalue weighted by Gasteiger charge is -2.23. The van der Waals surface area contributed by atoms with Crippen molar-refractivity contribution in [2.24, 2.45) is 5.41 Å². The molecule has 0 bridgehead atoms. The summed E-state index contributed by atoms with van der Waals surface area (Å²) in [6.07, 6.45) is 4.77. The average molecular weight is 270 g/mol. The molecular formula is C14H26N2O3. The average Bonchev–Trinajstić information content (AvgIpc) is 2.49. The molecule has 0 radical (unpaired) electrons. The molecule has 1 aliphatic rings. The number of nitrogens with zero attached hydrogens (tertiary/aromatic N) is 1. The van der Waals surface area contributed by atoms with Gasteiger partial charge in [0, 0.05) is 26.1 Å². The van der Waals surface area contributed by atoms with E-state index in [-0.39, 0.29) is 12.5 Å². The van der Waals surface area contributed by atoms with Gasteiger partial charge in [-0.2, -0.15) is 0 Å². The molecule has 0 aromatic heterocycles. The first-order valence-electron chi connectivity index (χ1n) is 7.15. The fourth-order valence-electron chi connectivity index (χ4n) is 2.33. The van der Waals surface area contributed by atoms with Crippen molar-refractivity contribution >= 4 is 12.0 Å². The van der Waals surface area contributed by atoms with Gasteiger partial charge in [-0.3, -0.25) is 4.79 Å². The molecule has 19 heavy (non-hydrogen) atoms. The molecule has 1 saturated heterocycles. The van der Waals surface area contributed by atoms with Gasteiger partial charge in [0.2, 0.25) is 0 Å². The topological polar surface area (TPSA) is 69.6 Å². The minimum atomic E-state index is -0.777. The Labute approximate surface area is 115 Å². The number of unbranched alkanes of at least 4 members (excludes halogenated alkanes) is 1. The number of hydrogen-bond acceptors (Lipinski definition) is 2. The van der Waals surface area contributed by atoms with Gasteiger partial charge in [-0.25, -0.2) is 4.79 Å². The van der Waals surface area contributed by atoms with E-state index < -0.39 is 5.97 Å². The predicted molar refractivity (Wildman–Crippen MR) is 74.1 cm³/mol. The molecule has 0 spiro atoms. The van der Waals surface area contributed by atoms with Gasteiger partial charge in [0.05, 0.1) is 0 Å². The van der Waals surface area contributed by atoms with E-state index in [0.717, 1.165) is 38.8 Å². The number of urea groups is 1. The lowest BCUT2D eigenvalue weighted by Crippen LogP contribution is -2.41. The number of aliphatic carboxylic acids is 1. The van der Waals surface area contributed by atoms with Crippen LogP contribution in [0.4, 0.5) is 4.79 Å². The second-order valence-electron chi connectivity index (χ2n) is 6.09. The number of nitrogens with one attached hydrogen (secondary N) is 1. The fraction of sp³-hybridized carbons (Fsp3) is 0.857. The van der Waals surface area contributed by atoms with Crippen LogP contribution in [0.3, 0.4) is 0 Å². The van der Waals surface area contributed by atoms with Crippen molar-refractivity contribution in [1.82, 2.24) is 10.2 Å². The van der Waals surface area contributed by atoms with Crippen molar-refractivity contribution < 1.29 is 14.7 Å². The Balaban J connectivity index is 2.20. The highest BCUT2D eigenvalue weighted by molar-refractivity contribution is 5.74. The summed E-state index contributed by atoms with van der Waals surface area (Å²) < 4.78 is 0. The van der Waals surface area contributed by atoms with Crippen molar-refractivity contribution in [2.45, 2.75) is 52.4 Å². The third-order valence-electron chi connectivity index (χ3n) is 3.72. The minimum Gasteiger partial charge on any atom is -0.481 e. The van der Waals surface area contributed by atoms with Gasteiger partial charge in [0.15, 0.2) is 0 Å². The first-order chi connectivity index (χ1) is 8.91. The van der Waals surface area contributed by atoms with E-state index in [2.05, 4.69) is 19.2 Å². The maximum absolute atomic E-state index is 12.0. The highest BCUT2D eigenvalue weighted by atomic mass is 16.4. The first kappa shape index (κ1) is 15.8. The summed E-state index contributed by atoms with van der Waals surface area (Å²) in [6, 6.07) is -0.00646. The van der Waals surface area contributed by atoms with Crippen LogP contribution in [0.5, 0.6) is 0 Å². The van der Waals surface area contributed by atoms with Crippen LogP contribution in [-0.4, -0.2) is 41.6 Å². The zero-order chi connectivity index (χ0) is 14.3. The molecule has 0 atom stereocenters. The van der Waals surface area contributed by atoms with Gasteiger partial charge in [-0.1, -0.05) is 13.8 Å². The molecular weight excluding hydrogens is 244 g/mol. The number of carbonyl (C=O) groups is 2. The number of hydrogen-bond donors (Lipinski definition) is 2. The number of amides is 2. The molecule has 1 heterocycles. The van der Waals surface area contributed by atoms with E-state index in [9.17, 15) is 9.59 Å². The van der Waals surface area contributed by atoms with E-state index in [4.69, 9.17) is 5.11 Å². The van der Waals surface area contributed by atoms with Gasteiger partial charge in [-0.05, 0) is 37.5 Å². The van der Waals surface area contributed by atoms with E-state index >= 15 is 0 Å². The lowest BCUT2D eigenvalue weighted by molar-refractivity contribution is -0.137. The highest BCUT2D eigenvalue weighted by Crippen LogP contribution is 2.29. The van der Waals surface area contributed by atoms with Crippen molar-refractivity contribution in [1.29, 1.82) is 0 Å². The quantitative estimate of drug-likeness (QED) is 0.754. The van der Waals surface area contributed by atoms with Gasteiger partial charge in [0.25, 0.3) is 0 Å². The molecule has 0 aliphatic carbocycles. The van der Waals surface area contributed by atoms with E-state index in [1.165, 1.54) is 0 Å². The standard InChI is InChI=1S/C14H26N2O3/c1-14(2)7-5-10-16(11-8-14)13(19)15-9-4-3-6-12(17)18/h3-11H2,1-2H3,(H,15,19)(H,17,18). The van der Waals surface area contributed by atoms with E-state index in [1.807, 2.05) is 4.90 Å². The molecule has 0 aromatic rings. The molecule has 0 saturated carbocycles. The van der Waals surface area contributed by atoms with Gasteiger partial charge >= 0.3 is 12.0 Å². The zero-order valence-electron chi connectivity index (χ0n) is 12.1. The molecule has 1 fully saturated rings. The Morgan fingerprint density at radius 1 is 1.21 bits per heavy atom. The molecule has 110 valence electrons. The van der Waals surface area contributed by atoms with Crippen LogP contribution in [0.25, 0.3) is 0 Å². The maximum atomic E-state index is 12.0. The van der Waals surface area contributed by atoms with E-state index in [1.54, 1.807) is 0 Å². The van der Waals surface area contributed by atoms with E-state index in [0.29, 0.717) is 18.4 Å². The summed E-state index contributed by atoms with van der Waals surface area (Å²) in [7, 11) is 0. The first-order valence-corrected chi connectivity index (χ1v) is 7.15. The summed E-state index contributed by atoms with van der Waals surface area (Å²) in [5.74, 6) is -0.777. The number of carboxylic acids is 1. The van der Waals surface area contributed by atoms with Crippen LogP contribution in [0.1, 0.15) is 52.4 Å². The second-order valence-corrected chi connectivity index (χ2v) is 6.09. The number of likely N-dealkylation sites (tertiary alicyclic amines) is 1. The van der Waals surface area contributed by atoms with Crippen LogP contribution >= 0.6 is 0 Å². The summed E-state index contributed by atoms with van der Waals surface area (Å²) in [4.78, 5) is 24.2. The smallest absolute Gasteiger partial charge is 0.317 e. The molecule has 5 nitrogen and oxygen atoms in total. The predicted octanol–water partition coefficient (Wildman–Crippen LogP) is 2.46. The SMILES string of the molecule is CC1(C)CCCN(C(=O)NCCCCC(=O)O)CC1. The molecule has 1 rings (SSSR count). The van der Waals surface area contributed by atoms with Gasteiger partial charge in [-0.15, -0.1) is 0 Å². The van der Waals surface area contributed by atoms with Crippen LogP contribution in [0.2, 0.25) is 0 Å². The Hall–Kier alpha value is -1.26. The highest BCUT2D eigenvalue weighted by Gasteiger charge is 2.25. The Morgan fingerprint density at radius 2 is 1.95 bits per heavy atom. The fourth-order valence-corrected chi connectivity index (χ4v) is 2.33. The molecule has 2 N–H and O–H groups in total. The third kappa shape index (κ3) is 6.45. The Kier molecular flexibility index (Phi) is 6.12. The monoisotopic (exact) mass is 270 g/mol. The van der Waals surface area contributed by atoms with Crippen LogP contribution in [0.15, 0.2) is 0 Å². The van der Waals surface area contributed by atoms with Crippen molar-refractivity contribution in [3.05, 3.63) is 0 Å². The van der Waals surface area contributed by atoms with Gasteiger partial charge < -0.3 is 15.3 Å². The number of rotatable bonds is 5. The molecule has 2 amide bonds. The maximum Gasteiger partial charge on any atom is 0.317 e. The van der Waals surface area contributed by atoms with Crippen LogP contribution < -0.4 is 5.32 Å². The van der Waals surface area contributed by atoms with Crippen molar-refractivity contribution in [2.75, 3.05) is 19.6 Å². The summed E-state index contributed by atoms with van der Waals surface area (Å²) >= 11 is 0. The third-order valence-corrected chi connectivity index (χ3v) is 3.72. The van der Waals surface area contributed by atoms with Crippen molar-refractivity contribution in [3.8, 4) is 0 Å². The number of carbonyl (C=O) groups excluding carboxylic acids is 1. The van der Waals surface area contributed by atoms with Crippen LogP contribution in [-0.2, 0) is 4.79 Å². The summed E-state index contributed by atoms with van der Waals surface area (Å²) in [6.45, 7) is 6.70. The normalized spacial score (nSPS) is 18.7. The summed E-state index contributed by atoms with van der Waals surface area (Å²) in [5.41, 5.74) is 0.330. The molecule has 0 aromatic carbocycles.